The Bertz CT molecular complexity index is 614. The summed E-state index contributed by atoms with van der Waals surface area (Å²) in [5.41, 5.74) is 2.32. The van der Waals surface area contributed by atoms with Crippen LogP contribution < -0.4 is 5.32 Å². The van der Waals surface area contributed by atoms with Crippen molar-refractivity contribution in [1.82, 2.24) is 9.78 Å². The van der Waals surface area contributed by atoms with Crippen LogP contribution in [-0.4, -0.2) is 15.7 Å². The fourth-order valence-electron chi connectivity index (χ4n) is 2.28. The van der Waals surface area contributed by atoms with E-state index in [9.17, 15) is 4.79 Å². The highest BCUT2D eigenvalue weighted by Gasteiger charge is 2.31. The molecule has 0 radical (unpaired) electrons. The molecule has 1 aromatic carbocycles. The first-order chi connectivity index (χ1) is 9.45. The number of anilines is 1. The Morgan fingerprint density at radius 2 is 2.05 bits per heavy atom. The van der Waals surface area contributed by atoms with E-state index in [4.69, 9.17) is 0 Å². The van der Waals surface area contributed by atoms with Gasteiger partial charge in [-0.1, -0.05) is 24.3 Å². The standard InChI is InChI=1S/C16H21N3O/c1-5-19-11-13(10-17-19)18-15(20)16(3,4)14-9-7-6-8-12(14)2/h6-11H,5H2,1-4H3,(H,18,20). The van der Waals surface area contributed by atoms with E-state index in [1.54, 1.807) is 10.9 Å². The molecule has 2 rings (SSSR count). The summed E-state index contributed by atoms with van der Waals surface area (Å²) in [7, 11) is 0. The highest BCUT2D eigenvalue weighted by atomic mass is 16.2. The van der Waals surface area contributed by atoms with Gasteiger partial charge in [-0.2, -0.15) is 5.10 Å². The van der Waals surface area contributed by atoms with Crippen molar-refractivity contribution in [3.05, 3.63) is 47.8 Å². The van der Waals surface area contributed by atoms with Crippen LogP contribution in [0.4, 0.5) is 5.69 Å². The number of benzene rings is 1. The maximum Gasteiger partial charge on any atom is 0.234 e. The molecule has 20 heavy (non-hydrogen) atoms. The van der Waals surface area contributed by atoms with Crippen molar-refractivity contribution in [3.63, 3.8) is 0 Å². The number of rotatable bonds is 4. The van der Waals surface area contributed by atoms with Crippen molar-refractivity contribution < 1.29 is 4.79 Å². The predicted octanol–water partition coefficient (Wildman–Crippen LogP) is 3.13. The second-order valence-corrected chi connectivity index (χ2v) is 5.48. The molecule has 0 unspecified atom stereocenters. The molecule has 0 aliphatic rings. The van der Waals surface area contributed by atoms with Crippen molar-refractivity contribution in [3.8, 4) is 0 Å². The first-order valence-electron chi connectivity index (χ1n) is 6.85. The molecule has 0 spiro atoms. The van der Waals surface area contributed by atoms with Crippen molar-refractivity contribution in [2.45, 2.75) is 39.7 Å². The molecule has 0 aliphatic carbocycles. The van der Waals surface area contributed by atoms with Gasteiger partial charge in [0.2, 0.25) is 5.91 Å². The Labute approximate surface area is 119 Å². The van der Waals surface area contributed by atoms with Gasteiger partial charge in [0.25, 0.3) is 0 Å². The minimum absolute atomic E-state index is 0.0255. The summed E-state index contributed by atoms with van der Waals surface area (Å²) >= 11 is 0. The van der Waals surface area contributed by atoms with Gasteiger partial charge in [0.15, 0.2) is 0 Å². The van der Waals surface area contributed by atoms with Crippen molar-refractivity contribution in [1.29, 1.82) is 0 Å². The Hall–Kier alpha value is -2.10. The molecule has 1 amide bonds. The van der Waals surface area contributed by atoms with E-state index in [0.29, 0.717) is 0 Å². The quantitative estimate of drug-likeness (QED) is 0.928. The molecule has 1 aromatic heterocycles. The minimum Gasteiger partial charge on any atom is -0.323 e. The average molecular weight is 271 g/mol. The van der Waals surface area contributed by atoms with Gasteiger partial charge in [0, 0.05) is 12.7 Å². The molecule has 0 saturated heterocycles. The first-order valence-corrected chi connectivity index (χ1v) is 6.85. The number of carbonyl (C=O) groups is 1. The summed E-state index contributed by atoms with van der Waals surface area (Å²) in [6.07, 6.45) is 3.52. The average Bonchev–Trinajstić information content (AvgIpc) is 2.86. The number of aromatic nitrogens is 2. The molecule has 0 fully saturated rings. The van der Waals surface area contributed by atoms with E-state index in [-0.39, 0.29) is 5.91 Å². The summed E-state index contributed by atoms with van der Waals surface area (Å²) in [4.78, 5) is 12.5. The van der Waals surface area contributed by atoms with Gasteiger partial charge < -0.3 is 5.32 Å². The summed E-state index contributed by atoms with van der Waals surface area (Å²) in [5.74, 6) is -0.0255. The molecule has 0 saturated carbocycles. The second kappa shape index (κ2) is 5.49. The number of amides is 1. The van der Waals surface area contributed by atoms with E-state index >= 15 is 0 Å². The highest BCUT2D eigenvalue weighted by Crippen LogP contribution is 2.27. The third kappa shape index (κ3) is 2.74. The van der Waals surface area contributed by atoms with E-state index in [0.717, 1.165) is 23.4 Å². The number of hydrogen-bond donors (Lipinski definition) is 1. The molecule has 4 heteroatoms. The largest absolute Gasteiger partial charge is 0.323 e. The molecule has 4 nitrogen and oxygen atoms in total. The third-order valence-electron chi connectivity index (χ3n) is 3.60. The van der Waals surface area contributed by atoms with Gasteiger partial charge >= 0.3 is 0 Å². The Morgan fingerprint density at radius 3 is 2.65 bits per heavy atom. The van der Waals surface area contributed by atoms with Gasteiger partial charge in [0.1, 0.15) is 0 Å². The lowest BCUT2D eigenvalue weighted by Gasteiger charge is -2.25. The van der Waals surface area contributed by atoms with Crippen LogP contribution in [0.1, 0.15) is 31.9 Å². The lowest BCUT2D eigenvalue weighted by atomic mass is 9.81. The second-order valence-electron chi connectivity index (χ2n) is 5.48. The minimum atomic E-state index is -0.584. The lowest BCUT2D eigenvalue weighted by molar-refractivity contribution is -0.120. The van der Waals surface area contributed by atoms with Crippen molar-refractivity contribution in [2.24, 2.45) is 0 Å². The van der Waals surface area contributed by atoms with Crippen LogP contribution in [0.2, 0.25) is 0 Å². The molecular weight excluding hydrogens is 250 g/mol. The molecule has 1 heterocycles. The van der Waals surface area contributed by atoms with E-state index < -0.39 is 5.41 Å². The summed E-state index contributed by atoms with van der Waals surface area (Å²) in [6, 6.07) is 7.98. The Kier molecular flexibility index (Phi) is 3.93. The van der Waals surface area contributed by atoms with E-state index in [1.807, 2.05) is 58.2 Å². The van der Waals surface area contributed by atoms with Crippen LogP contribution in [0.15, 0.2) is 36.7 Å². The molecule has 1 N–H and O–H groups in total. The van der Waals surface area contributed by atoms with Gasteiger partial charge in [-0.3, -0.25) is 9.48 Å². The lowest BCUT2D eigenvalue weighted by Crippen LogP contribution is -2.35. The molecule has 0 bridgehead atoms. The third-order valence-corrected chi connectivity index (χ3v) is 3.60. The summed E-state index contributed by atoms with van der Waals surface area (Å²) in [5, 5.41) is 7.10. The molecular formula is C16H21N3O. The summed E-state index contributed by atoms with van der Waals surface area (Å²) < 4.78 is 1.79. The number of nitrogens with one attached hydrogen (secondary N) is 1. The molecule has 106 valence electrons. The predicted molar refractivity (Wildman–Crippen MR) is 80.7 cm³/mol. The van der Waals surface area contributed by atoms with Crippen LogP contribution in [0.5, 0.6) is 0 Å². The maximum absolute atomic E-state index is 12.5. The van der Waals surface area contributed by atoms with E-state index in [2.05, 4.69) is 10.4 Å². The Balaban J connectivity index is 2.21. The summed E-state index contributed by atoms with van der Waals surface area (Å²) in [6.45, 7) is 8.70. The molecule has 0 aliphatic heterocycles. The molecule has 2 aromatic rings. The van der Waals surface area contributed by atoms with E-state index in [1.165, 1.54) is 0 Å². The van der Waals surface area contributed by atoms with Crippen LogP contribution >= 0.6 is 0 Å². The van der Waals surface area contributed by atoms with Gasteiger partial charge in [-0.15, -0.1) is 0 Å². The zero-order chi connectivity index (χ0) is 14.8. The van der Waals surface area contributed by atoms with Crippen molar-refractivity contribution in [2.75, 3.05) is 5.32 Å². The fourth-order valence-corrected chi connectivity index (χ4v) is 2.28. The zero-order valence-electron chi connectivity index (χ0n) is 12.5. The zero-order valence-corrected chi connectivity index (χ0v) is 12.5. The topological polar surface area (TPSA) is 46.9 Å². The normalized spacial score (nSPS) is 11.4. The van der Waals surface area contributed by atoms with Crippen LogP contribution in [0, 0.1) is 6.92 Å². The number of aryl methyl sites for hydroxylation is 2. The van der Waals surface area contributed by atoms with Crippen molar-refractivity contribution >= 4 is 11.6 Å². The SMILES string of the molecule is CCn1cc(NC(=O)C(C)(C)c2ccccc2C)cn1. The maximum atomic E-state index is 12.5. The Morgan fingerprint density at radius 1 is 1.35 bits per heavy atom. The monoisotopic (exact) mass is 271 g/mol. The van der Waals surface area contributed by atoms with Gasteiger partial charge in [0.05, 0.1) is 17.3 Å². The first kappa shape index (κ1) is 14.3. The smallest absolute Gasteiger partial charge is 0.234 e. The molecule has 0 atom stereocenters. The van der Waals surface area contributed by atoms with Gasteiger partial charge in [-0.05, 0) is 38.8 Å². The van der Waals surface area contributed by atoms with Crippen LogP contribution in [-0.2, 0) is 16.8 Å². The number of nitrogens with zero attached hydrogens (tertiary/aromatic N) is 2. The number of carbonyl (C=O) groups excluding carboxylic acids is 1. The highest BCUT2D eigenvalue weighted by molar-refractivity contribution is 5.98. The van der Waals surface area contributed by atoms with Gasteiger partial charge in [-0.25, -0.2) is 0 Å². The fraction of sp³-hybridized carbons (Fsp3) is 0.375. The number of hydrogen-bond acceptors (Lipinski definition) is 2. The van der Waals surface area contributed by atoms with Crippen LogP contribution in [0.25, 0.3) is 0 Å². The van der Waals surface area contributed by atoms with Crippen LogP contribution in [0.3, 0.4) is 0 Å².